The minimum Gasteiger partial charge on any atom is -0.343 e. The molecule has 0 aromatic heterocycles. The van der Waals surface area contributed by atoms with E-state index in [2.05, 4.69) is 16.0 Å². The molecule has 12 amide bonds. The normalized spacial score (nSPS) is 25.6. The first kappa shape index (κ1) is 83.6. The van der Waals surface area contributed by atoms with Crippen molar-refractivity contribution in [2.75, 3.05) is 75.5 Å². The molecule has 0 bridgehead atoms. The van der Waals surface area contributed by atoms with Crippen LogP contribution in [0.2, 0.25) is 5.02 Å². The lowest BCUT2D eigenvalue weighted by atomic mass is 9.90. The molecule has 0 unspecified atom stereocenters. The van der Waals surface area contributed by atoms with E-state index in [0.717, 1.165) is 61.9 Å². The number of piperidine rings is 1. The van der Waals surface area contributed by atoms with E-state index >= 15 is 24.0 Å². The highest BCUT2D eigenvalue weighted by Gasteiger charge is 2.51. The van der Waals surface area contributed by atoms with Crippen LogP contribution in [0.3, 0.4) is 0 Å². The van der Waals surface area contributed by atoms with Gasteiger partial charge in [-0.05, 0) is 125 Å². The Bertz CT molecular complexity index is 3670. The number of alkyl halides is 3. The molecule has 0 radical (unpaired) electrons. The van der Waals surface area contributed by atoms with Gasteiger partial charge in [0.05, 0.1) is 23.6 Å². The van der Waals surface area contributed by atoms with E-state index in [9.17, 15) is 51.1 Å². The summed E-state index contributed by atoms with van der Waals surface area (Å²) in [5.41, 5.74) is -0.766. The monoisotopic (exact) mass is 1490 g/mol. The van der Waals surface area contributed by atoms with Gasteiger partial charge in [0.15, 0.2) is 0 Å². The van der Waals surface area contributed by atoms with E-state index < -0.39 is 178 Å². The maximum Gasteiger partial charge on any atom is 0.417 e. The van der Waals surface area contributed by atoms with Crippen LogP contribution in [0.5, 0.6) is 0 Å². The number of carbonyl (C=O) groups is 12. The van der Waals surface area contributed by atoms with E-state index in [1.165, 1.54) is 94.9 Å². The van der Waals surface area contributed by atoms with Gasteiger partial charge in [0.2, 0.25) is 70.9 Å². The van der Waals surface area contributed by atoms with Gasteiger partial charge in [0.25, 0.3) is 0 Å². The van der Waals surface area contributed by atoms with Crippen molar-refractivity contribution in [3.8, 4) is 0 Å². The van der Waals surface area contributed by atoms with Crippen molar-refractivity contribution in [2.24, 2.45) is 11.8 Å². The number of nitrogens with one attached hydrogen (secondary N) is 3. The van der Waals surface area contributed by atoms with Crippen LogP contribution in [0.4, 0.5) is 17.6 Å². The number of aryl methyl sites for hydroxylation is 2. The Labute approximate surface area is 618 Å². The molecule has 4 fully saturated rings. The van der Waals surface area contributed by atoms with Crippen molar-refractivity contribution < 1.29 is 75.1 Å². The quantitative estimate of drug-likeness (QED) is 0.171. The second-order valence-corrected chi connectivity index (χ2v) is 29.6. The third-order valence-electron chi connectivity index (χ3n) is 22.1. The Morgan fingerprint density at radius 2 is 1.18 bits per heavy atom. The fourth-order valence-electron chi connectivity index (χ4n) is 14.3. The number of rotatable bonds is 12. The van der Waals surface area contributed by atoms with E-state index in [-0.39, 0.29) is 57.1 Å². The minimum atomic E-state index is -4.81. The zero-order chi connectivity index (χ0) is 77.9. The molecule has 29 heteroatoms. The molecule has 3 heterocycles. The summed E-state index contributed by atoms with van der Waals surface area (Å²) in [6.45, 7) is 11.9. The first-order chi connectivity index (χ1) is 49.4. The lowest BCUT2D eigenvalue weighted by molar-refractivity contribution is -0.160. The molecule has 4 aliphatic rings. The number of benzene rings is 3. The summed E-state index contributed by atoms with van der Waals surface area (Å²) in [5.74, 6) is -10.5. The third kappa shape index (κ3) is 19.9. The van der Waals surface area contributed by atoms with E-state index in [0.29, 0.717) is 62.7 Å². The second-order valence-electron chi connectivity index (χ2n) is 29.2. The van der Waals surface area contributed by atoms with Crippen molar-refractivity contribution in [2.45, 2.75) is 211 Å². The maximum absolute atomic E-state index is 15.7. The van der Waals surface area contributed by atoms with E-state index in [4.69, 9.17) is 11.6 Å². The van der Waals surface area contributed by atoms with Gasteiger partial charge in [-0.15, -0.1) is 0 Å². The summed E-state index contributed by atoms with van der Waals surface area (Å²) in [6.07, 6.45) is -2.37. The molecule has 3 aromatic rings. The van der Waals surface area contributed by atoms with Crippen LogP contribution in [0.1, 0.15) is 146 Å². The molecular weight excluding hydrogens is 1380 g/mol. The van der Waals surface area contributed by atoms with E-state index in [1.807, 2.05) is 26.0 Å². The van der Waals surface area contributed by atoms with Crippen LogP contribution in [0, 0.1) is 24.6 Å². The van der Waals surface area contributed by atoms with E-state index in [1.54, 1.807) is 37.8 Å². The lowest BCUT2D eigenvalue weighted by Gasteiger charge is -2.45. The highest BCUT2D eigenvalue weighted by molar-refractivity contribution is 6.31. The van der Waals surface area contributed by atoms with Gasteiger partial charge in [-0.25, -0.2) is 4.39 Å². The summed E-state index contributed by atoms with van der Waals surface area (Å²) in [5, 5.41) is 7.88. The molecule has 105 heavy (non-hydrogen) atoms. The molecular formula is C76H105ClF4N12O12. The summed E-state index contributed by atoms with van der Waals surface area (Å²) in [4.78, 5) is 191. The zero-order valence-corrected chi connectivity index (χ0v) is 63.7. The van der Waals surface area contributed by atoms with Gasteiger partial charge >= 0.3 is 6.18 Å². The molecule has 11 atom stereocenters. The number of hydrogen-bond donors (Lipinski definition) is 3. The Morgan fingerprint density at radius 3 is 1.74 bits per heavy atom. The number of halogens is 5. The predicted octanol–water partition coefficient (Wildman–Crippen LogP) is 6.19. The molecule has 3 saturated heterocycles. The van der Waals surface area contributed by atoms with Crippen LogP contribution in [0.15, 0.2) is 66.7 Å². The predicted molar refractivity (Wildman–Crippen MR) is 385 cm³/mol. The van der Waals surface area contributed by atoms with Gasteiger partial charge in [0, 0.05) is 81.8 Å². The van der Waals surface area contributed by atoms with Gasteiger partial charge in [-0.3, -0.25) is 57.5 Å². The molecule has 1 spiro atoms. The third-order valence-corrected chi connectivity index (χ3v) is 22.4. The highest BCUT2D eigenvalue weighted by atomic mass is 35.5. The molecule has 24 nitrogen and oxygen atoms in total. The van der Waals surface area contributed by atoms with Gasteiger partial charge < -0.3 is 60.0 Å². The van der Waals surface area contributed by atoms with Crippen molar-refractivity contribution in [1.82, 2.24) is 60.0 Å². The summed E-state index contributed by atoms with van der Waals surface area (Å²) in [7, 11) is 9.52. The Kier molecular flexibility index (Phi) is 28.7. The molecule has 7 rings (SSSR count). The zero-order valence-electron chi connectivity index (χ0n) is 63.0. The minimum absolute atomic E-state index is 0.0555. The van der Waals surface area contributed by atoms with Crippen LogP contribution in [0.25, 0.3) is 0 Å². The molecule has 1 aliphatic carbocycles. The number of nitrogens with zero attached hydrogens (tertiary/aromatic N) is 9. The number of hydrogen-bond acceptors (Lipinski definition) is 12. The standard InChI is InChI=1S/C76H105ClF4N12O12/c1-15-46(4)63-72(103)87(10)49(7)67(98)93-39-34-57(93)70(101)89(12)59(42-51-24-22-45(3)23-25-51)69(100)85(8)44-61(94)82-56(33-29-50-28-32-54(55(77)40-50)76(79,80)81)68(99)88(11)58(41-52-26-30-53(78)31-27-52)66(97)84-75(35-18-19-36-75)74(105)91(14)64(47(5)16-2)73(104)90(13)60(71(102)92-37-20-17-21-38-92)43-62(95)86(9)48(6)65(96)83-63/h22-28,30-32,40,46-49,56-60,63-64H,15-21,29,33-39,41-44H2,1-14H3,(H,82,94)(H,83,96)(H,84,97)/t46-,47-,48-,49+,56-,57-,58-,59-,60-,63-,64-/m0/s1. The average Bonchev–Trinajstić information content (AvgIpc) is 1.74. The van der Waals surface area contributed by atoms with Crippen molar-refractivity contribution in [3.05, 3.63) is 105 Å². The Hall–Kier alpha value is -8.69. The highest BCUT2D eigenvalue weighted by Crippen LogP contribution is 2.37. The molecule has 3 aliphatic heterocycles. The number of likely N-dealkylation sites (N-methyl/N-ethyl adjacent to an activating group) is 7. The summed E-state index contributed by atoms with van der Waals surface area (Å²) < 4.78 is 56.6. The molecule has 3 aromatic carbocycles. The maximum atomic E-state index is 15.7. The van der Waals surface area contributed by atoms with Crippen molar-refractivity contribution in [1.29, 1.82) is 0 Å². The van der Waals surface area contributed by atoms with Crippen LogP contribution < -0.4 is 16.0 Å². The summed E-state index contributed by atoms with van der Waals surface area (Å²) >= 11 is 6.18. The van der Waals surface area contributed by atoms with Crippen LogP contribution in [-0.2, 0) is 83.0 Å². The second kappa shape index (κ2) is 36.1. The number of carbonyl (C=O) groups excluding carboxylic acids is 12. The fraction of sp³-hybridized carbons (Fsp3) is 0.605. The topological polar surface area (TPSA) is 270 Å². The van der Waals surface area contributed by atoms with Crippen LogP contribution >= 0.6 is 11.6 Å². The van der Waals surface area contributed by atoms with Gasteiger partial charge in [0.1, 0.15) is 65.7 Å². The Morgan fingerprint density at radius 1 is 0.610 bits per heavy atom. The number of fused-ring (bicyclic) bond motifs is 1. The molecule has 576 valence electrons. The fourth-order valence-corrected chi connectivity index (χ4v) is 14.6. The van der Waals surface area contributed by atoms with Gasteiger partial charge in [-0.2, -0.15) is 13.2 Å². The lowest BCUT2D eigenvalue weighted by Crippen LogP contribution is -2.65. The summed E-state index contributed by atoms with van der Waals surface area (Å²) in [6, 6.07) is 3.16. The van der Waals surface area contributed by atoms with Crippen molar-refractivity contribution >= 4 is 82.5 Å². The largest absolute Gasteiger partial charge is 0.417 e. The molecule has 1 saturated carbocycles. The smallest absolute Gasteiger partial charge is 0.343 e. The molecule has 3 N–H and O–H groups in total. The van der Waals surface area contributed by atoms with Crippen LogP contribution in [-0.4, -0.2) is 250 Å². The number of likely N-dealkylation sites (tertiary alicyclic amines) is 1. The number of amides is 12. The average molecular weight is 1490 g/mol. The Balaban J connectivity index is 1.33. The first-order valence-corrected chi connectivity index (χ1v) is 36.8. The SMILES string of the molecule is CC[C@H](C)[C@@H]1NC(=O)[C@H](C)N(C)C(=O)C[C@@H](C(=O)N2CCCCC2)N(C)C(=O)[C@H]([C@@H](C)CC)N(C)C(=O)C2(CCCC2)NC(=O)[C@H](Cc2ccc(F)cc2)N(C)C(=O)[C@H](CCc2ccc(C(F)(F)F)c(Cl)c2)NC(=O)CN(C)C(=O)[C@H](Cc2ccc(C)cc2)N(C)C(=O)[C@@H]2CCN2C(=O)[C@@H](C)N(C)C1=O. The van der Waals surface area contributed by atoms with Gasteiger partial charge in [-0.1, -0.05) is 113 Å². The van der Waals surface area contributed by atoms with Crippen molar-refractivity contribution in [3.63, 3.8) is 0 Å². The first-order valence-electron chi connectivity index (χ1n) is 36.4.